The Morgan fingerprint density at radius 3 is 2.60 bits per heavy atom. The maximum atomic E-state index is 13.6. The van der Waals surface area contributed by atoms with Gasteiger partial charge in [-0.2, -0.15) is 0 Å². The Hall–Kier alpha value is -3.22. The maximum Gasteiger partial charge on any atom is 0.141 e. The van der Waals surface area contributed by atoms with E-state index in [0.717, 1.165) is 10.9 Å². The zero-order valence-electron chi connectivity index (χ0n) is 16.1. The van der Waals surface area contributed by atoms with Gasteiger partial charge in [0.2, 0.25) is 0 Å². The Kier molecular flexibility index (Phi) is 6.07. The van der Waals surface area contributed by atoms with Gasteiger partial charge in [0, 0.05) is 35.0 Å². The van der Waals surface area contributed by atoms with Gasteiger partial charge < -0.3 is 19.6 Å². The summed E-state index contributed by atoms with van der Waals surface area (Å²) in [6.45, 7) is 0.716. The molecule has 4 aromatic rings. The number of fused-ring (bicyclic) bond motifs is 1. The van der Waals surface area contributed by atoms with Crippen molar-refractivity contribution in [3.8, 4) is 17.1 Å². The molecule has 0 spiro atoms. The highest BCUT2D eigenvalue weighted by Crippen LogP contribution is 2.31. The minimum atomic E-state index is -0.736. The number of aliphatic hydroxyl groups is 1. The Bertz CT molecular complexity index is 1120. The lowest BCUT2D eigenvalue weighted by Gasteiger charge is -2.14. The van der Waals surface area contributed by atoms with Gasteiger partial charge in [0.05, 0.1) is 6.26 Å². The van der Waals surface area contributed by atoms with Crippen LogP contribution in [0.2, 0.25) is 0 Å². The fraction of sp³-hybridized carbons (Fsp3) is 0.167. The summed E-state index contributed by atoms with van der Waals surface area (Å²) >= 11 is 0. The molecule has 154 valence electrons. The zero-order valence-corrected chi connectivity index (χ0v) is 16.1. The minimum Gasteiger partial charge on any atom is -0.491 e. The molecule has 0 unspecified atom stereocenters. The molecule has 1 aromatic heterocycles. The van der Waals surface area contributed by atoms with Crippen molar-refractivity contribution in [3.05, 3.63) is 90.2 Å². The van der Waals surface area contributed by atoms with Crippen molar-refractivity contribution in [1.29, 1.82) is 0 Å². The second-order valence-electron chi connectivity index (χ2n) is 7.01. The molecule has 0 aliphatic heterocycles. The van der Waals surface area contributed by atoms with E-state index in [1.54, 1.807) is 36.4 Å². The number of nitrogens with one attached hydrogen (secondary N) is 1. The van der Waals surface area contributed by atoms with Crippen molar-refractivity contribution in [3.63, 3.8) is 0 Å². The predicted molar refractivity (Wildman–Crippen MR) is 111 cm³/mol. The Morgan fingerprint density at radius 2 is 1.80 bits per heavy atom. The molecule has 0 aliphatic rings. The SMILES string of the molecule is O[C@H](CNCc1ccccc1F)COc1ccc(-c2occ3cc(F)ccc23)cc1. The van der Waals surface area contributed by atoms with E-state index in [1.165, 1.54) is 24.5 Å². The molecule has 0 amide bonds. The minimum absolute atomic E-state index is 0.104. The van der Waals surface area contributed by atoms with E-state index in [4.69, 9.17) is 9.15 Å². The summed E-state index contributed by atoms with van der Waals surface area (Å²) in [5.41, 5.74) is 1.39. The van der Waals surface area contributed by atoms with Crippen LogP contribution in [0.4, 0.5) is 8.78 Å². The number of aliphatic hydroxyl groups excluding tert-OH is 1. The van der Waals surface area contributed by atoms with Crippen LogP contribution in [-0.4, -0.2) is 24.4 Å². The first-order chi connectivity index (χ1) is 14.6. The molecular formula is C24H21F2NO3. The first-order valence-corrected chi connectivity index (χ1v) is 9.62. The monoisotopic (exact) mass is 409 g/mol. The van der Waals surface area contributed by atoms with E-state index in [2.05, 4.69) is 5.32 Å². The normalized spacial score (nSPS) is 12.2. The Labute approximate surface area is 172 Å². The van der Waals surface area contributed by atoms with Crippen molar-refractivity contribution in [2.75, 3.05) is 13.2 Å². The summed E-state index contributed by atoms with van der Waals surface area (Å²) in [6.07, 6.45) is 0.795. The van der Waals surface area contributed by atoms with Crippen molar-refractivity contribution in [1.82, 2.24) is 5.32 Å². The van der Waals surface area contributed by atoms with Crippen LogP contribution in [0.15, 0.2) is 77.4 Å². The smallest absolute Gasteiger partial charge is 0.141 e. The molecule has 0 saturated heterocycles. The van der Waals surface area contributed by atoms with Crippen LogP contribution >= 0.6 is 0 Å². The molecule has 0 saturated carbocycles. The second kappa shape index (κ2) is 9.07. The fourth-order valence-electron chi connectivity index (χ4n) is 3.22. The third kappa shape index (κ3) is 4.67. The lowest BCUT2D eigenvalue weighted by Crippen LogP contribution is -2.31. The molecule has 0 aliphatic carbocycles. The maximum absolute atomic E-state index is 13.6. The quantitative estimate of drug-likeness (QED) is 0.434. The average Bonchev–Trinajstić information content (AvgIpc) is 3.17. The lowest BCUT2D eigenvalue weighted by atomic mass is 10.1. The van der Waals surface area contributed by atoms with E-state index >= 15 is 0 Å². The number of furan rings is 1. The average molecular weight is 409 g/mol. The molecule has 0 bridgehead atoms. The van der Waals surface area contributed by atoms with Gasteiger partial charge in [0.25, 0.3) is 0 Å². The molecule has 0 fully saturated rings. The molecule has 4 nitrogen and oxygen atoms in total. The molecule has 30 heavy (non-hydrogen) atoms. The van der Waals surface area contributed by atoms with E-state index in [9.17, 15) is 13.9 Å². The van der Waals surface area contributed by atoms with Gasteiger partial charge in [-0.25, -0.2) is 8.78 Å². The van der Waals surface area contributed by atoms with Crippen molar-refractivity contribution in [2.24, 2.45) is 0 Å². The van der Waals surface area contributed by atoms with Crippen LogP contribution in [0.25, 0.3) is 22.1 Å². The van der Waals surface area contributed by atoms with Crippen LogP contribution in [0, 0.1) is 11.6 Å². The number of hydrogen-bond acceptors (Lipinski definition) is 4. The number of benzene rings is 3. The first-order valence-electron chi connectivity index (χ1n) is 9.62. The van der Waals surface area contributed by atoms with E-state index < -0.39 is 6.10 Å². The van der Waals surface area contributed by atoms with Crippen LogP contribution in [0.1, 0.15) is 5.56 Å². The number of rotatable bonds is 8. The Balaban J connectivity index is 1.29. The standard InChI is InChI=1S/C24H21F2NO3/c25-19-7-10-22-18(11-19)14-30-24(22)16-5-8-21(9-6-16)29-15-20(28)13-27-12-17-3-1-2-4-23(17)26/h1-11,14,20,27-28H,12-13,15H2/t20-/m1/s1. The van der Waals surface area contributed by atoms with Gasteiger partial charge >= 0.3 is 0 Å². The Morgan fingerprint density at radius 1 is 1.00 bits per heavy atom. The molecule has 2 N–H and O–H groups in total. The van der Waals surface area contributed by atoms with Gasteiger partial charge in [0.1, 0.15) is 35.9 Å². The molecule has 1 heterocycles. The van der Waals surface area contributed by atoms with E-state index in [-0.39, 0.29) is 24.8 Å². The van der Waals surface area contributed by atoms with Crippen molar-refractivity contribution in [2.45, 2.75) is 12.6 Å². The molecule has 6 heteroatoms. The molecule has 4 rings (SSSR count). The molecule has 3 aromatic carbocycles. The summed E-state index contributed by atoms with van der Waals surface area (Å²) in [5, 5.41) is 14.6. The highest BCUT2D eigenvalue weighted by Gasteiger charge is 2.11. The third-order valence-electron chi connectivity index (χ3n) is 4.77. The van der Waals surface area contributed by atoms with Crippen LogP contribution in [0.5, 0.6) is 5.75 Å². The van der Waals surface area contributed by atoms with Gasteiger partial charge in [-0.15, -0.1) is 0 Å². The van der Waals surface area contributed by atoms with Gasteiger partial charge in [0.15, 0.2) is 0 Å². The summed E-state index contributed by atoms with van der Waals surface area (Å²) in [4.78, 5) is 0. The van der Waals surface area contributed by atoms with Gasteiger partial charge in [-0.05, 0) is 48.5 Å². The largest absolute Gasteiger partial charge is 0.491 e. The number of halogens is 2. The van der Waals surface area contributed by atoms with Gasteiger partial charge in [-0.1, -0.05) is 18.2 Å². The summed E-state index contributed by atoms with van der Waals surface area (Å²) in [5.74, 6) is 0.689. The molecular weight excluding hydrogens is 388 g/mol. The zero-order chi connectivity index (χ0) is 20.9. The number of hydrogen-bond donors (Lipinski definition) is 2. The third-order valence-corrected chi connectivity index (χ3v) is 4.77. The first kappa shape index (κ1) is 20.1. The predicted octanol–water partition coefficient (Wildman–Crippen LogP) is 4.91. The topological polar surface area (TPSA) is 54.6 Å². The molecule has 1 atom stereocenters. The second-order valence-corrected chi connectivity index (χ2v) is 7.01. The van der Waals surface area contributed by atoms with Crippen LogP contribution in [-0.2, 0) is 6.54 Å². The fourth-order valence-corrected chi connectivity index (χ4v) is 3.22. The highest BCUT2D eigenvalue weighted by atomic mass is 19.1. The van der Waals surface area contributed by atoms with Crippen molar-refractivity contribution < 1.29 is 23.0 Å². The number of ether oxygens (including phenoxy) is 1. The summed E-state index contributed by atoms with van der Waals surface area (Å²) in [6, 6.07) is 18.3. The van der Waals surface area contributed by atoms with Crippen LogP contribution in [0.3, 0.4) is 0 Å². The van der Waals surface area contributed by atoms with E-state index in [0.29, 0.717) is 29.0 Å². The van der Waals surface area contributed by atoms with E-state index in [1.807, 2.05) is 12.1 Å². The summed E-state index contributed by atoms with van der Waals surface area (Å²) < 4.78 is 38.1. The highest BCUT2D eigenvalue weighted by molar-refractivity contribution is 5.94. The van der Waals surface area contributed by atoms with Crippen LogP contribution < -0.4 is 10.1 Å². The van der Waals surface area contributed by atoms with Crippen molar-refractivity contribution >= 4 is 10.8 Å². The summed E-state index contributed by atoms with van der Waals surface area (Å²) in [7, 11) is 0. The molecule has 0 radical (unpaired) electrons. The lowest BCUT2D eigenvalue weighted by molar-refractivity contribution is 0.106. The van der Waals surface area contributed by atoms with Gasteiger partial charge in [-0.3, -0.25) is 0 Å².